The number of hydrogen-bond donors (Lipinski definition) is 1. The highest BCUT2D eigenvalue weighted by molar-refractivity contribution is 7.93. The Hall–Kier alpha value is -2.37. The van der Waals surface area contributed by atoms with Crippen LogP contribution in [0.4, 0.5) is 5.69 Å². The standard InChI is InChI=1S/C14H12N2O4S2/c1-20-14(17)13-12(7-9-21-13)22(18,19)16-11-4-2-10(3-5-11)6-8-15/h2-5,7,9,16H,6H2,1H3. The van der Waals surface area contributed by atoms with Crippen LogP contribution in [0.2, 0.25) is 0 Å². The lowest BCUT2D eigenvalue weighted by molar-refractivity contribution is 0.0602. The first-order valence-corrected chi connectivity index (χ1v) is 8.48. The van der Waals surface area contributed by atoms with E-state index in [4.69, 9.17) is 5.26 Å². The average Bonchev–Trinajstić information content (AvgIpc) is 2.99. The molecule has 22 heavy (non-hydrogen) atoms. The number of ether oxygens (including phenoxy) is 1. The number of anilines is 1. The summed E-state index contributed by atoms with van der Waals surface area (Å²) < 4.78 is 31.7. The first-order valence-electron chi connectivity index (χ1n) is 6.12. The van der Waals surface area contributed by atoms with Gasteiger partial charge in [-0.3, -0.25) is 4.72 Å². The second kappa shape index (κ2) is 6.60. The van der Waals surface area contributed by atoms with Crippen LogP contribution < -0.4 is 4.72 Å². The van der Waals surface area contributed by atoms with Crippen LogP contribution in [0.15, 0.2) is 40.6 Å². The molecule has 0 fully saturated rings. The van der Waals surface area contributed by atoms with Crippen molar-refractivity contribution in [3.8, 4) is 6.07 Å². The molecule has 0 aliphatic carbocycles. The molecule has 0 spiro atoms. The number of sulfonamides is 1. The summed E-state index contributed by atoms with van der Waals surface area (Å²) in [5.41, 5.74) is 1.14. The number of methoxy groups -OCH3 is 1. The third-order valence-electron chi connectivity index (χ3n) is 2.78. The van der Waals surface area contributed by atoms with Crippen LogP contribution in [0.25, 0.3) is 0 Å². The summed E-state index contributed by atoms with van der Waals surface area (Å²) in [4.78, 5) is 11.5. The molecule has 1 aromatic carbocycles. The van der Waals surface area contributed by atoms with E-state index in [9.17, 15) is 13.2 Å². The molecule has 0 saturated carbocycles. The predicted molar refractivity (Wildman–Crippen MR) is 82.2 cm³/mol. The van der Waals surface area contributed by atoms with E-state index >= 15 is 0 Å². The van der Waals surface area contributed by atoms with Crippen LogP contribution in [0.5, 0.6) is 0 Å². The number of thiophene rings is 1. The Kier molecular flexibility index (Phi) is 4.80. The molecule has 2 aromatic rings. The summed E-state index contributed by atoms with van der Waals surface area (Å²) in [7, 11) is -2.69. The van der Waals surface area contributed by atoms with E-state index < -0.39 is 16.0 Å². The summed E-state index contributed by atoms with van der Waals surface area (Å²) in [5, 5.41) is 10.1. The Morgan fingerprint density at radius 1 is 1.32 bits per heavy atom. The number of carbonyl (C=O) groups excluding carboxylic acids is 1. The van der Waals surface area contributed by atoms with Crippen LogP contribution in [0, 0.1) is 11.3 Å². The van der Waals surface area contributed by atoms with E-state index in [0.717, 1.165) is 16.9 Å². The lowest BCUT2D eigenvalue weighted by Gasteiger charge is -2.08. The fourth-order valence-electron chi connectivity index (χ4n) is 1.74. The molecular formula is C14H12N2O4S2. The Bertz CT molecular complexity index is 817. The third kappa shape index (κ3) is 3.44. The molecule has 0 saturated heterocycles. The highest BCUT2D eigenvalue weighted by atomic mass is 32.2. The molecule has 0 unspecified atom stereocenters. The highest BCUT2D eigenvalue weighted by Crippen LogP contribution is 2.25. The molecule has 114 valence electrons. The van der Waals surface area contributed by atoms with Gasteiger partial charge in [0.2, 0.25) is 0 Å². The van der Waals surface area contributed by atoms with Gasteiger partial charge in [0.1, 0.15) is 9.77 Å². The van der Waals surface area contributed by atoms with Crippen molar-refractivity contribution in [3.63, 3.8) is 0 Å². The number of carbonyl (C=O) groups is 1. The van der Waals surface area contributed by atoms with Gasteiger partial charge in [0.15, 0.2) is 0 Å². The lowest BCUT2D eigenvalue weighted by Crippen LogP contribution is -2.15. The van der Waals surface area contributed by atoms with E-state index in [1.165, 1.54) is 18.6 Å². The van der Waals surface area contributed by atoms with Crippen LogP contribution in [0.1, 0.15) is 15.2 Å². The monoisotopic (exact) mass is 336 g/mol. The Morgan fingerprint density at radius 3 is 2.59 bits per heavy atom. The maximum atomic E-state index is 12.3. The smallest absolute Gasteiger partial charge is 0.349 e. The van der Waals surface area contributed by atoms with Crippen LogP contribution in [-0.4, -0.2) is 21.5 Å². The summed E-state index contributed by atoms with van der Waals surface area (Å²) in [6.07, 6.45) is 0.254. The number of benzene rings is 1. The second-order valence-electron chi connectivity index (χ2n) is 4.24. The quantitative estimate of drug-likeness (QED) is 0.846. The Balaban J connectivity index is 2.27. The minimum Gasteiger partial charge on any atom is -0.465 e. The Labute approximate surface area is 132 Å². The van der Waals surface area contributed by atoms with Crippen molar-refractivity contribution >= 4 is 33.0 Å². The maximum absolute atomic E-state index is 12.3. The maximum Gasteiger partial charge on any atom is 0.349 e. The van der Waals surface area contributed by atoms with Crippen LogP contribution in [0.3, 0.4) is 0 Å². The molecular weight excluding hydrogens is 324 g/mol. The minimum absolute atomic E-state index is 0.0242. The zero-order valence-electron chi connectivity index (χ0n) is 11.6. The molecule has 8 heteroatoms. The number of nitrogens with zero attached hydrogens (tertiary/aromatic N) is 1. The zero-order valence-corrected chi connectivity index (χ0v) is 13.2. The molecule has 0 atom stereocenters. The Morgan fingerprint density at radius 2 is 2.00 bits per heavy atom. The van der Waals surface area contributed by atoms with E-state index in [-0.39, 0.29) is 16.2 Å². The first-order chi connectivity index (χ1) is 10.5. The van der Waals surface area contributed by atoms with Gasteiger partial charge in [0.25, 0.3) is 10.0 Å². The van der Waals surface area contributed by atoms with Gasteiger partial charge in [0.05, 0.1) is 19.6 Å². The van der Waals surface area contributed by atoms with E-state index in [2.05, 4.69) is 9.46 Å². The van der Waals surface area contributed by atoms with Crippen LogP contribution in [-0.2, 0) is 21.2 Å². The highest BCUT2D eigenvalue weighted by Gasteiger charge is 2.24. The number of hydrogen-bond acceptors (Lipinski definition) is 6. The van der Waals surface area contributed by atoms with E-state index in [1.54, 1.807) is 24.3 Å². The summed E-state index contributed by atoms with van der Waals surface area (Å²) in [5.74, 6) is -0.695. The SMILES string of the molecule is COC(=O)c1sccc1S(=O)(=O)Nc1ccc(CC#N)cc1. The van der Waals surface area contributed by atoms with Crippen molar-refractivity contribution < 1.29 is 17.9 Å². The average molecular weight is 336 g/mol. The number of nitrogens with one attached hydrogen (secondary N) is 1. The normalized spacial score (nSPS) is 10.7. The molecule has 0 amide bonds. The van der Waals surface area contributed by atoms with Crippen molar-refractivity contribution in [1.82, 2.24) is 0 Å². The van der Waals surface area contributed by atoms with E-state index in [0.29, 0.717) is 5.69 Å². The van der Waals surface area contributed by atoms with Gasteiger partial charge < -0.3 is 4.74 Å². The van der Waals surface area contributed by atoms with Crippen molar-refractivity contribution in [3.05, 3.63) is 46.2 Å². The van der Waals surface area contributed by atoms with E-state index in [1.807, 2.05) is 6.07 Å². The van der Waals surface area contributed by atoms with Gasteiger partial charge in [-0.1, -0.05) is 12.1 Å². The number of esters is 1. The summed E-state index contributed by atoms with van der Waals surface area (Å²) in [6, 6.07) is 9.82. The molecule has 6 nitrogen and oxygen atoms in total. The molecule has 2 rings (SSSR count). The molecule has 1 aromatic heterocycles. The van der Waals surface area contributed by atoms with Crippen molar-refractivity contribution in [1.29, 1.82) is 5.26 Å². The van der Waals surface area contributed by atoms with Gasteiger partial charge in [-0.05, 0) is 29.1 Å². The zero-order chi connectivity index (χ0) is 16.2. The van der Waals surface area contributed by atoms with Gasteiger partial charge >= 0.3 is 5.97 Å². The molecule has 1 heterocycles. The third-order valence-corrected chi connectivity index (χ3v) is 5.23. The van der Waals surface area contributed by atoms with Crippen LogP contribution >= 0.6 is 11.3 Å². The molecule has 0 aliphatic rings. The summed E-state index contributed by atoms with van der Waals surface area (Å²) in [6.45, 7) is 0. The molecule has 0 radical (unpaired) electrons. The fraction of sp³-hybridized carbons (Fsp3) is 0.143. The second-order valence-corrected chi connectivity index (χ2v) is 6.81. The van der Waals surface area contributed by atoms with Crippen molar-refractivity contribution in [2.45, 2.75) is 11.3 Å². The van der Waals surface area contributed by atoms with Gasteiger partial charge in [0, 0.05) is 5.69 Å². The largest absolute Gasteiger partial charge is 0.465 e. The molecule has 0 aliphatic heterocycles. The van der Waals surface area contributed by atoms with Gasteiger partial charge in [-0.15, -0.1) is 11.3 Å². The van der Waals surface area contributed by atoms with Gasteiger partial charge in [-0.2, -0.15) is 5.26 Å². The lowest BCUT2D eigenvalue weighted by atomic mass is 10.1. The minimum atomic E-state index is -3.89. The predicted octanol–water partition coefficient (Wildman–Crippen LogP) is 2.40. The number of rotatable bonds is 5. The summed E-state index contributed by atoms with van der Waals surface area (Å²) >= 11 is 0.999. The molecule has 1 N–H and O–H groups in total. The topological polar surface area (TPSA) is 96.3 Å². The molecule has 0 bridgehead atoms. The first kappa shape index (κ1) is 16.0. The number of nitriles is 1. The van der Waals surface area contributed by atoms with Gasteiger partial charge in [-0.25, -0.2) is 13.2 Å². The van der Waals surface area contributed by atoms with Crippen molar-refractivity contribution in [2.75, 3.05) is 11.8 Å². The fourth-order valence-corrected chi connectivity index (χ4v) is 4.14. The van der Waals surface area contributed by atoms with Crippen molar-refractivity contribution in [2.24, 2.45) is 0 Å².